The number of tetrazole rings is 1. The van der Waals surface area contributed by atoms with E-state index in [1.54, 1.807) is 18.2 Å². The van der Waals surface area contributed by atoms with E-state index in [0.29, 0.717) is 67.7 Å². The molecule has 0 amide bonds. The van der Waals surface area contributed by atoms with E-state index in [9.17, 15) is 9.18 Å². The number of pyridine rings is 1. The van der Waals surface area contributed by atoms with Crippen molar-refractivity contribution in [1.29, 1.82) is 0 Å². The molecule has 0 spiro atoms. The van der Waals surface area contributed by atoms with Crippen LogP contribution < -0.4 is 15.0 Å². The number of aromatic amines is 1. The molecule has 1 fully saturated rings. The number of benzene rings is 2. The highest BCUT2D eigenvalue weighted by atomic mass is 19.1. The SMILES string of the molecule is CC[C@H](c1nnnn1C[C@H]1CCCO1)N(Cc1ccc(F)cc1)Cc1cc2cc3c(cc2[nH]c1=O)OCCO3. The molecule has 39 heavy (non-hydrogen) atoms. The summed E-state index contributed by atoms with van der Waals surface area (Å²) in [5.74, 6) is 1.71. The van der Waals surface area contributed by atoms with E-state index in [2.05, 4.69) is 32.3 Å². The molecule has 4 aromatic rings. The van der Waals surface area contributed by atoms with E-state index in [-0.39, 0.29) is 23.5 Å². The van der Waals surface area contributed by atoms with Crippen LogP contribution in [0.5, 0.6) is 11.5 Å². The monoisotopic (exact) mass is 534 g/mol. The van der Waals surface area contributed by atoms with E-state index in [1.165, 1.54) is 12.1 Å². The van der Waals surface area contributed by atoms with Gasteiger partial charge in [-0.2, -0.15) is 0 Å². The van der Waals surface area contributed by atoms with Crippen LogP contribution in [0.25, 0.3) is 10.9 Å². The number of H-pyrrole nitrogens is 1. The van der Waals surface area contributed by atoms with Crippen molar-refractivity contribution in [2.45, 2.75) is 58.0 Å². The number of halogens is 1. The van der Waals surface area contributed by atoms with E-state index >= 15 is 0 Å². The maximum Gasteiger partial charge on any atom is 0.252 e. The van der Waals surface area contributed by atoms with Gasteiger partial charge >= 0.3 is 0 Å². The summed E-state index contributed by atoms with van der Waals surface area (Å²) in [5.41, 5.74) is 2.02. The van der Waals surface area contributed by atoms with Gasteiger partial charge in [-0.25, -0.2) is 9.07 Å². The van der Waals surface area contributed by atoms with Crippen molar-refractivity contribution >= 4 is 10.9 Å². The lowest BCUT2D eigenvalue weighted by molar-refractivity contribution is 0.0888. The first-order valence-electron chi connectivity index (χ1n) is 13.4. The first-order chi connectivity index (χ1) is 19.1. The maximum atomic E-state index is 13.7. The lowest BCUT2D eigenvalue weighted by Gasteiger charge is -2.30. The zero-order chi connectivity index (χ0) is 26.8. The third kappa shape index (κ3) is 5.50. The fourth-order valence-corrected chi connectivity index (χ4v) is 5.39. The van der Waals surface area contributed by atoms with Crippen LogP contribution in [0, 0.1) is 5.82 Å². The van der Waals surface area contributed by atoms with Crippen molar-refractivity contribution in [2.75, 3.05) is 19.8 Å². The zero-order valence-electron chi connectivity index (χ0n) is 21.8. The Bertz CT molecular complexity index is 1500. The van der Waals surface area contributed by atoms with Gasteiger partial charge in [-0.3, -0.25) is 9.69 Å². The topological polar surface area (TPSA) is 107 Å². The second-order valence-electron chi connectivity index (χ2n) is 10.0. The molecule has 6 rings (SSSR count). The highest BCUT2D eigenvalue weighted by molar-refractivity contribution is 5.83. The van der Waals surface area contributed by atoms with Crippen molar-refractivity contribution in [1.82, 2.24) is 30.1 Å². The summed E-state index contributed by atoms with van der Waals surface area (Å²) < 4.78 is 32.7. The second-order valence-corrected chi connectivity index (χ2v) is 10.0. The fraction of sp³-hybridized carbons (Fsp3) is 0.429. The van der Waals surface area contributed by atoms with Crippen LogP contribution in [0.1, 0.15) is 49.2 Å². The minimum Gasteiger partial charge on any atom is -0.486 e. The van der Waals surface area contributed by atoms with Crippen molar-refractivity contribution < 1.29 is 18.6 Å². The van der Waals surface area contributed by atoms with Crippen molar-refractivity contribution in [2.24, 2.45) is 0 Å². The summed E-state index contributed by atoms with van der Waals surface area (Å²) in [6, 6.07) is 11.8. The summed E-state index contributed by atoms with van der Waals surface area (Å²) in [6.07, 6.45) is 2.79. The molecule has 0 bridgehead atoms. The van der Waals surface area contributed by atoms with Gasteiger partial charge in [0.1, 0.15) is 19.0 Å². The van der Waals surface area contributed by atoms with Gasteiger partial charge in [0, 0.05) is 36.7 Å². The average Bonchev–Trinajstić information content (AvgIpc) is 3.63. The Morgan fingerprint density at radius 1 is 1.10 bits per heavy atom. The summed E-state index contributed by atoms with van der Waals surface area (Å²) in [4.78, 5) is 18.4. The summed E-state index contributed by atoms with van der Waals surface area (Å²) >= 11 is 0. The van der Waals surface area contributed by atoms with Crippen LogP contribution >= 0.6 is 0 Å². The van der Waals surface area contributed by atoms with Crippen LogP contribution in [0.2, 0.25) is 0 Å². The predicted octanol–water partition coefficient (Wildman–Crippen LogP) is 3.76. The summed E-state index contributed by atoms with van der Waals surface area (Å²) in [5, 5.41) is 13.5. The Labute approximate surface area is 224 Å². The maximum absolute atomic E-state index is 13.7. The van der Waals surface area contributed by atoms with Crippen molar-refractivity contribution in [3.8, 4) is 11.5 Å². The summed E-state index contributed by atoms with van der Waals surface area (Å²) in [6.45, 7) is 5.17. The molecule has 4 heterocycles. The number of nitrogens with zero attached hydrogens (tertiary/aromatic N) is 5. The highest BCUT2D eigenvalue weighted by Crippen LogP contribution is 2.34. The predicted molar refractivity (Wildman–Crippen MR) is 141 cm³/mol. The average molecular weight is 535 g/mol. The smallest absolute Gasteiger partial charge is 0.252 e. The number of aromatic nitrogens is 5. The lowest BCUT2D eigenvalue weighted by Crippen LogP contribution is -2.33. The first-order valence-corrected chi connectivity index (χ1v) is 13.4. The van der Waals surface area contributed by atoms with Gasteiger partial charge < -0.3 is 19.2 Å². The largest absolute Gasteiger partial charge is 0.486 e. The van der Waals surface area contributed by atoms with Crippen molar-refractivity contribution in [3.63, 3.8) is 0 Å². The van der Waals surface area contributed by atoms with Crippen LogP contribution in [-0.2, 0) is 24.4 Å². The number of hydrogen-bond donors (Lipinski definition) is 1. The van der Waals surface area contributed by atoms with Crippen LogP contribution in [-0.4, -0.2) is 56.0 Å². The van der Waals surface area contributed by atoms with Gasteiger partial charge in [-0.1, -0.05) is 19.1 Å². The lowest BCUT2D eigenvalue weighted by atomic mass is 10.1. The quantitative estimate of drug-likeness (QED) is 0.346. The number of fused-ring (bicyclic) bond motifs is 2. The molecule has 0 saturated carbocycles. The minimum atomic E-state index is -0.293. The van der Waals surface area contributed by atoms with E-state index in [1.807, 2.05) is 16.8 Å². The van der Waals surface area contributed by atoms with Crippen LogP contribution in [0.3, 0.4) is 0 Å². The standard InChI is InChI=1S/C28H31FN6O4/c1-2-24(27-31-32-33-35(27)17-22-4-3-9-37-22)34(15-18-5-7-21(29)8-6-18)16-20-12-19-13-25-26(39-11-10-38-25)14-23(19)30-28(20)36/h5-8,12-14,22,24H,2-4,9-11,15-17H2,1H3,(H,30,36)/t22-,24-/m1/s1. The Balaban J connectivity index is 1.35. The first kappa shape index (κ1) is 25.4. The van der Waals surface area contributed by atoms with Gasteiger partial charge in [0.15, 0.2) is 17.3 Å². The number of ether oxygens (including phenoxy) is 3. The molecule has 10 nitrogen and oxygen atoms in total. The molecule has 204 valence electrons. The van der Waals surface area contributed by atoms with E-state index in [0.717, 1.165) is 30.4 Å². The fourth-order valence-electron chi connectivity index (χ4n) is 5.39. The zero-order valence-corrected chi connectivity index (χ0v) is 21.8. The molecule has 11 heteroatoms. The molecule has 1 N–H and O–H groups in total. The number of nitrogens with one attached hydrogen (secondary N) is 1. The Morgan fingerprint density at radius 2 is 1.90 bits per heavy atom. The highest BCUT2D eigenvalue weighted by Gasteiger charge is 2.28. The minimum absolute atomic E-state index is 0.0794. The third-order valence-corrected chi connectivity index (χ3v) is 7.34. The van der Waals surface area contributed by atoms with Gasteiger partial charge in [0.2, 0.25) is 0 Å². The summed E-state index contributed by atoms with van der Waals surface area (Å²) in [7, 11) is 0. The molecule has 2 aliphatic rings. The number of rotatable bonds is 9. The molecule has 0 radical (unpaired) electrons. The molecule has 2 aromatic carbocycles. The molecular formula is C28H31FN6O4. The molecular weight excluding hydrogens is 503 g/mol. The van der Waals surface area contributed by atoms with Gasteiger partial charge in [0.25, 0.3) is 5.56 Å². The Hall–Kier alpha value is -3.83. The van der Waals surface area contributed by atoms with Crippen LogP contribution in [0.15, 0.2) is 47.3 Å². The van der Waals surface area contributed by atoms with Gasteiger partial charge in [-0.15, -0.1) is 5.10 Å². The second kappa shape index (κ2) is 11.1. The molecule has 0 unspecified atom stereocenters. The van der Waals surface area contributed by atoms with Crippen molar-refractivity contribution in [3.05, 3.63) is 75.6 Å². The molecule has 2 aliphatic heterocycles. The van der Waals surface area contributed by atoms with Crippen LogP contribution in [0.4, 0.5) is 4.39 Å². The number of hydrogen-bond acceptors (Lipinski definition) is 8. The molecule has 2 aromatic heterocycles. The van der Waals surface area contributed by atoms with E-state index in [4.69, 9.17) is 14.2 Å². The third-order valence-electron chi connectivity index (χ3n) is 7.34. The van der Waals surface area contributed by atoms with E-state index < -0.39 is 0 Å². The normalized spacial score (nSPS) is 17.7. The van der Waals surface area contributed by atoms with Gasteiger partial charge in [-0.05, 0) is 59.5 Å². The van der Waals surface area contributed by atoms with Gasteiger partial charge in [0.05, 0.1) is 24.2 Å². The molecule has 2 atom stereocenters. The molecule has 1 saturated heterocycles. The Morgan fingerprint density at radius 3 is 2.64 bits per heavy atom. The molecule has 0 aliphatic carbocycles. The Kier molecular flexibility index (Phi) is 7.25.